The summed E-state index contributed by atoms with van der Waals surface area (Å²) in [6.45, 7) is 5.80. The van der Waals surface area contributed by atoms with E-state index in [9.17, 15) is 0 Å². The topological polar surface area (TPSA) is 31.4 Å². The van der Waals surface area contributed by atoms with Crippen LogP contribution >= 0.6 is 24.0 Å². The van der Waals surface area contributed by atoms with Crippen LogP contribution in [0.1, 0.15) is 18.2 Å². The zero-order valence-corrected chi connectivity index (χ0v) is 11.1. The Morgan fingerprint density at radius 3 is 2.75 bits per heavy atom. The summed E-state index contributed by atoms with van der Waals surface area (Å²) in [6, 6.07) is 1.84. The highest BCUT2D eigenvalue weighted by Gasteiger charge is 2.04. The van der Waals surface area contributed by atoms with Crippen LogP contribution in [0.25, 0.3) is 0 Å². The molecule has 0 atom stereocenters. The maximum absolute atomic E-state index is 5.75. The molecular formula is C11H17Cl2NO2. The number of ether oxygens (including phenoxy) is 2. The van der Waals surface area contributed by atoms with Crippen molar-refractivity contribution in [3.63, 3.8) is 0 Å². The Kier molecular flexibility index (Phi) is 8.35. The van der Waals surface area contributed by atoms with Crippen molar-refractivity contribution in [2.75, 3.05) is 19.8 Å². The van der Waals surface area contributed by atoms with Crippen LogP contribution in [0.2, 0.25) is 0 Å². The number of halogens is 2. The van der Waals surface area contributed by atoms with Gasteiger partial charge in [0.2, 0.25) is 0 Å². The van der Waals surface area contributed by atoms with E-state index in [1.54, 1.807) is 6.20 Å². The molecule has 1 aromatic heterocycles. The fourth-order valence-corrected chi connectivity index (χ4v) is 1.47. The van der Waals surface area contributed by atoms with Crippen LogP contribution in [0.3, 0.4) is 0 Å². The largest absolute Gasteiger partial charge is 0.491 e. The number of nitrogens with zero attached hydrogens (tertiary/aromatic N) is 1. The van der Waals surface area contributed by atoms with Gasteiger partial charge in [-0.1, -0.05) is 0 Å². The van der Waals surface area contributed by atoms with Crippen molar-refractivity contribution in [1.82, 2.24) is 4.98 Å². The van der Waals surface area contributed by atoms with Gasteiger partial charge in [-0.25, -0.2) is 0 Å². The molecule has 0 aliphatic rings. The third kappa shape index (κ3) is 4.56. The van der Waals surface area contributed by atoms with Gasteiger partial charge in [0.1, 0.15) is 12.4 Å². The molecule has 0 aromatic carbocycles. The fourth-order valence-electron chi connectivity index (χ4n) is 1.20. The van der Waals surface area contributed by atoms with Crippen molar-refractivity contribution in [3.8, 4) is 5.75 Å². The van der Waals surface area contributed by atoms with Gasteiger partial charge in [0.05, 0.1) is 18.2 Å². The van der Waals surface area contributed by atoms with Crippen LogP contribution in [0, 0.1) is 6.92 Å². The van der Waals surface area contributed by atoms with Gasteiger partial charge in [0.25, 0.3) is 0 Å². The van der Waals surface area contributed by atoms with Gasteiger partial charge in [-0.05, 0) is 19.9 Å². The summed E-state index contributed by atoms with van der Waals surface area (Å²) in [5.74, 6) is 1.24. The van der Waals surface area contributed by atoms with Gasteiger partial charge in [0, 0.05) is 18.4 Å². The molecule has 1 aromatic rings. The van der Waals surface area contributed by atoms with Crippen molar-refractivity contribution in [1.29, 1.82) is 0 Å². The Morgan fingerprint density at radius 1 is 1.38 bits per heavy atom. The Hall–Kier alpha value is -0.510. The molecular weight excluding hydrogens is 249 g/mol. The van der Waals surface area contributed by atoms with Crippen LogP contribution in [0.5, 0.6) is 5.75 Å². The lowest BCUT2D eigenvalue weighted by Crippen LogP contribution is -2.07. The number of aromatic nitrogens is 1. The highest BCUT2D eigenvalue weighted by Crippen LogP contribution is 2.20. The average molecular weight is 266 g/mol. The van der Waals surface area contributed by atoms with Crippen LogP contribution in [-0.4, -0.2) is 24.8 Å². The molecule has 0 spiro atoms. The smallest absolute Gasteiger partial charge is 0.125 e. The van der Waals surface area contributed by atoms with Crippen LogP contribution in [-0.2, 0) is 10.6 Å². The third-order valence-corrected chi connectivity index (χ3v) is 2.33. The van der Waals surface area contributed by atoms with E-state index < -0.39 is 0 Å². The van der Waals surface area contributed by atoms with Gasteiger partial charge in [-0.2, -0.15) is 0 Å². The second-order valence-corrected chi connectivity index (χ2v) is 3.33. The standard InChI is InChI=1S/C11H16ClNO2.ClH/c1-3-14-6-7-15-11-4-5-13-10(8-12)9(11)2;/h4-5H,3,6-8H2,1-2H3;1H. The number of rotatable bonds is 6. The summed E-state index contributed by atoms with van der Waals surface area (Å²) in [5.41, 5.74) is 1.87. The Bertz CT molecular complexity index is 308. The van der Waals surface area contributed by atoms with E-state index in [1.165, 1.54) is 0 Å². The molecule has 1 rings (SSSR count). The lowest BCUT2D eigenvalue weighted by molar-refractivity contribution is 0.110. The molecule has 16 heavy (non-hydrogen) atoms. The van der Waals surface area contributed by atoms with Crippen molar-refractivity contribution in [3.05, 3.63) is 23.5 Å². The summed E-state index contributed by atoms with van der Waals surface area (Å²) < 4.78 is 10.7. The SMILES string of the molecule is CCOCCOc1ccnc(CCl)c1C.Cl. The minimum atomic E-state index is 0. The highest BCUT2D eigenvalue weighted by molar-refractivity contribution is 6.17. The number of hydrogen-bond donors (Lipinski definition) is 0. The summed E-state index contributed by atoms with van der Waals surface area (Å²) in [6.07, 6.45) is 1.71. The quantitative estimate of drug-likeness (QED) is 0.586. The summed E-state index contributed by atoms with van der Waals surface area (Å²) in [4.78, 5) is 4.16. The lowest BCUT2D eigenvalue weighted by Gasteiger charge is -2.10. The van der Waals surface area contributed by atoms with E-state index in [4.69, 9.17) is 21.1 Å². The molecule has 92 valence electrons. The first kappa shape index (κ1) is 15.5. The second-order valence-electron chi connectivity index (χ2n) is 3.06. The molecule has 0 radical (unpaired) electrons. The van der Waals surface area contributed by atoms with Crippen molar-refractivity contribution in [2.24, 2.45) is 0 Å². The molecule has 0 N–H and O–H groups in total. The summed E-state index contributed by atoms with van der Waals surface area (Å²) >= 11 is 5.75. The summed E-state index contributed by atoms with van der Waals surface area (Å²) in [7, 11) is 0. The van der Waals surface area contributed by atoms with Crippen LogP contribution in [0.4, 0.5) is 0 Å². The molecule has 0 bridgehead atoms. The third-order valence-electron chi connectivity index (χ3n) is 2.07. The fraction of sp³-hybridized carbons (Fsp3) is 0.545. The number of alkyl halides is 1. The van der Waals surface area contributed by atoms with Crippen LogP contribution < -0.4 is 4.74 Å². The highest BCUT2D eigenvalue weighted by atomic mass is 35.5. The van der Waals surface area contributed by atoms with E-state index in [0.717, 1.165) is 17.0 Å². The lowest BCUT2D eigenvalue weighted by atomic mass is 10.2. The molecule has 0 unspecified atom stereocenters. The van der Waals surface area contributed by atoms with Crippen molar-refractivity contribution >= 4 is 24.0 Å². The van der Waals surface area contributed by atoms with E-state index in [0.29, 0.717) is 25.7 Å². The molecule has 0 aliphatic carbocycles. The molecule has 0 amide bonds. The summed E-state index contributed by atoms with van der Waals surface area (Å²) in [5, 5.41) is 0. The van der Waals surface area contributed by atoms with Gasteiger partial charge in [-0.15, -0.1) is 24.0 Å². The second kappa shape index (κ2) is 8.62. The van der Waals surface area contributed by atoms with Crippen molar-refractivity contribution in [2.45, 2.75) is 19.7 Å². The van der Waals surface area contributed by atoms with Gasteiger partial charge in [-0.3, -0.25) is 4.98 Å². The normalized spacial score (nSPS) is 9.69. The molecule has 5 heteroatoms. The van der Waals surface area contributed by atoms with E-state index >= 15 is 0 Å². The average Bonchev–Trinajstić information content (AvgIpc) is 2.26. The minimum Gasteiger partial charge on any atom is -0.491 e. The molecule has 0 fully saturated rings. The maximum atomic E-state index is 5.75. The first-order chi connectivity index (χ1) is 7.29. The zero-order valence-electron chi connectivity index (χ0n) is 9.53. The first-order valence-electron chi connectivity index (χ1n) is 5.00. The monoisotopic (exact) mass is 265 g/mol. The predicted molar refractivity (Wildman–Crippen MR) is 67.8 cm³/mol. The molecule has 0 saturated carbocycles. The van der Waals surface area contributed by atoms with Gasteiger partial charge in [0.15, 0.2) is 0 Å². The molecule has 0 aliphatic heterocycles. The Morgan fingerprint density at radius 2 is 2.12 bits per heavy atom. The molecule has 3 nitrogen and oxygen atoms in total. The maximum Gasteiger partial charge on any atom is 0.125 e. The molecule has 1 heterocycles. The van der Waals surface area contributed by atoms with Crippen LogP contribution in [0.15, 0.2) is 12.3 Å². The number of hydrogen-bond acceptors (Lipinski definition) is 3. The molecule has 0 saturated heterocycles. The Balaban J connectivity index is 0.00000225. The van der Waals surface area contributed by atoms with E-state index in [2.05, 4.69) is 4.98 Å². The van der Waals surface area contributed by atoms with Gasteiger partial charge < -0.3 is 9.47 Å². The zero-order chi connectivity index (χ0) is 11.1. The van der Waals surface area contributed by atoms with E-state index in [1.807, 2.05) is 19.9 Å². The number of pyridine rings is 1. The van der Waals surface area contributed by atoms with Gasteiger partial charge >= 0.3 is 0 Å². The predicted octanol–water partition coefficient (Wildman–Crippen LogP) is 2.97. The minimum absolute atomic E-state index is 0. The first-order valence-corrected chi connectivity index (χ1v) is 5.54. The van der Waals surface area contributed by atoms with Crippen molar-refractivity contribution < 1.29 is 9.47 Å². The van der Waals surface area contributed by atoms with E-state index in [-0.39, 0.29) is 12.4 Å². The Labute approximate surface area is 108 Å².